The largest absolute Gasteiger partial charge is 0.466 e. The van der Waals surface area contributed by atoms with E-state index in [-0.39, 0.29) is 13.2 Å². The molecular weight excluding hydrogens is 376 g/mol. The number of carbonyl (C=O) groups excluding carboxylic acids is 4. The molecule has 2 N–H and O–H groups in total. The molecule has 0 radical (unpaired) electrons. The first-order valence-electron chi connectivity index (χ1n) is 9.69. The van der Waals surface area contributed by atoms with Crippen molar-refractivity contribution >= 4 is 29.4 Å². The van der Waals surface area contributed by atoms with Crippen LogP contribution in [0, 0.1) is 37.5 Å². The topological polar surface area (TPSA) is 111 Å². The molecule has 1 aliphatic rings. The van der Waals surface area contributed by atoms with Crippen LogP contribution < -0.4 is 10.6 Å². The fourth-order valence-corrected chi connectivity index (χ4v) is 3.80. The van der Waals surface area contributed by atoms with E-state index >= 15 is 0 Å². The zero-order valence-corrected chi connectivity index (χ0v) is 17.4. The maximum atomic E-state index is 13.1. The molecule has 0 aromatic heterocycles. The molecule has 2 rings (SSSR count). The molecule has 8 heteroatoms. The van der Waals surface area contributed by atoms with Crippen LogP contribution in [0.4, 0.5) is 5.69 Å². The van der Waals surface area contributed by atoms with Gasteiger partial charge in [-0.1, -0.05) is 17.7 Å². The second-order valence-electron chi connectivity index (χ2n) is 7.03. The van der Waals surface area contributed by atoms with Crippen molar-refractivity contribution in [1.82, 2.24) is 5.32 Å². The van der Waals surface area contributed by atoms with Gasteiger partial charge >= 0.3 is 11.9 Å². The Hall–Kier alpha value is -2.90. The second-order valence-corrected chi connectivity index (χ2v) is 7.03. The Morgan fingerprint density at radius 1 is 0.862 bits per heavy atom. The van der Waals surface area contributed by atoms with Crippen LogP contribution in [0.3, 0.4) is 0 Å². The molecule has 0 bridgehead atoms. The van der Waals surface area contributed by atoms with Crippen molar-refractivity contribution in [1.29, 1.82) is 0 Å². The molecule has 0 aliphatic heterocycles. The Bertz CT molecular complexity index is 780. The van der Waals surface area contributed by atoms with E-state index < -0.39 is 47.4 Å². The third-order valence-electron chi connectivity index (χ3n) is 5.16. The van der Waals surface area contributed by atoms with Gasteiger partial charge in [0.05, 0.1) is 36.9 Å². The van der Waals surface area contributed by atoms with Crippen molar-refractivity contribution in [3.8, 4) is 0 Å². The number of nitrogens with one attached hydrogen (secondary N) is 2. The number of ether oxygens (including phenoxy) is 2. The van der Waals surface area contributed by atoms with Gasteiger partial charge in [-0.3, -0.25) is 19.2 Å². The monoisotopic (exact) mass is 404 g/mol. The smallest absolute Gasteiger partial charge is 0.310 e. The highest BCUT2D eigenvalue weighted by Crippen LogP contribution is 2.48. The van der Waals surface area contributed by atoms with Gasteiger partial charge in [0.2, 0.25) is 11.8 Å². The van der Waals surface area contributed by atoms with E-state index in [9.17, 15) is 19.2 Å². The predicted octanol–water partition coefficient (Wildman–Crippen LogP) is 1.59. The molecule has 1 fully saturated rings. The summed E-state index contributed by atoms with van der Waals surface area (Å²) in [5, 5.41) is 5.24. The number of hydrogen-bond acceptors (Lipinski definition) is 6. The Balaban J connectivity index is 2.37. The lowest BCUT2D eigenvalue weighted by Crippen LogP contribution is -2.63. The van der Waals surface area contributed by atoms with E-state index in [4.69, 9.17) is 9.47 Å². The number of hydrogen-bond donors (Lipinski definition) is 2. The van der Waals surface area contributed by atoms with Crippen LogP contribution >= 0.6 is 0 Å². The number of amides is 2. The molecule has 1 saturated carbocycles. The molecule has 0 spiro atoms. The number of esters is 2. The maximum absolute atomic E-state index is 13.1. The van der Waals surface area contributed by atoms with Crippen molar-refractivity contribution < 1.29 is 28.7 Å². The van der Waals surface area contributed by atoms with E-state index in [1.54, 1.807) is 19.9 Å². The van der Waals surface area contributed by atoms with Crippen molar-refractivity contribution in [3.63, 3.8) is 0 Å². The van der Waals surface area contributed by atoms with Crippen molar-refractivity contribution in [2.24, 2.45) is 23.7 Å². The Morgan fingerprint density at radius 3 is 1.83 bits per heavy atom. The van der Waals surface area contributed by atoms with Gasteiger partial charge in [0, 0.05) is 12.7 Å². The molecule has 0 saturated heterocycles. The summed E-state index contributed by atoms with van der Waals surface area (Å²) in [5.74, 6) is -6.58. The molecule has 8 nitrogen and oxygen atoms in total. The number of aryl methyl sites for hydroxylation is 2. The van der Waals surface area contributed by atoms with Gasteiger partial charge in [0.15, 0.2) is 0 Å². The molecule has 1 aromatic carbocycles. The minimum absolute atomic E-state index is 0.102. The average Bonchev–Trinajstić information content (AvgIpc) is 2.63. The Kier molecular flexibility index (Phi) is 7.36. The van der Waals surface area contributed by atoms with Crippen LogP contribution in [0.2, 0.25) is 0 Å². The van der Waals surface area contributed by atoms with Crippen molar-refractivity contribution in [3.05, 3.63) is 29.3 Å². The minimum atomic E-state index is -1.06. The SMILES string of the molecule is CCOC(=O)C1C(C(=O)NC)C(C(=O)OCC)C1C(=O)Nc1ccc(C)cc1C. The lowest BCUT2D eigenvalue weighted by Gasteiger charge is -2.46. The summed E-state index contributed by atoms with van der Waals surface area (Å²) in [6, 6.07) is 5.52. The van der Waals surface area contributed by atoms with E-state index in [2.05, 4.69) is 10.6 Å². The summed E-state index contributed by atoms with van der Waals surface area (Å²) < 4.78 is 10.2. The van der Waals surface area contributed by atoms with E-state index in [0.717, 1.165) is 11.1 Å². The first-order chi connectivity index (χ1) is 13.8. The van der Waals surface area contributed by atoms with Gasteiger partial charge in [0.1, 0.15) is 0 Å². The molecule has 2 atom stereocenters. The predicted molar refractivity (Wildman–Crippen MR) is 106 cm³/mol. The van der Waals surface area contributed by atoms with Gasteiger partial charge < -0.3 is 20.1 Å². The fraction of sp³-hybridized carbons (Fsp3) is 0.524. The Morgan fingerprint density at radius 2 is 1.38 bits per heavy atom. The Labute approximate surface area is 170 Å². The van der Waals surface area contributed by atoms with E-state index in [1.165, 1.54) is 7.05 Å². The molecule has 2 amide bonds. The van der Waals surface area contributed by atoms with Crippen LogP contribution in [0.5, 0.6) is 0 Å². The number of benzene rings is 1. The summed E-state index contributed by atoms with van der Waals surface area (Å²) >= 11 is 0. The van der Waals surface area contributed by atoms with Gasteiger partial charge in [-0.15, -0.1) is 0 Å². The fourth-order valence-electron chi connectivity index (χ4n) is 3.80. The molecule has 29 heavy (non-hydrogen) atoms. The zero-order valence-electron chi connectivity index (χ0n) is 17.4. The van der Waals surface area contributed by atoms with Crippen LogP contribution in [-0.2, 0) is 28.7 Å². The van der Waals surface area contributed by atoms with Crippen LogP contribution in [0.25, 0.3) is 0 Å². The van der Waals surface area contributed by atoms with E-state index in [0.29, 0.717) is 5.69 Å². The highest BCUT2D eigenvalue weighted by Gasteiger charge is 2.64. The lowest BCUT2D eigenvalue weighted by atomic mass is 9.55. The standard InChI is InChI=1S/C21H28N2O6/c1-6-28-20(26)16-14(18(24)22-5)17(21(27)29-7-2)15(16)19(25)23-13-9-8-11(3)10-12(13)4/h8-10,14-17H,6-7H2,1-5H3,(H,22,24)(H,23,25). The molecular formula is C21H28N2O6. The number of anilines is 1. The molecule has 158 valence electrons. The third kappa shape index (κ3) is 4.58. The van der Waals surface area contributed by atoms with E-state index in [1.807, 2.05) is 26.0 Å². The van der Waals surface area contributed by atoms with Gasteiger partial charge in [-0.2, -0.15) is 0 Å². The summed E-state index contributed by atoms with van der Waals surface area (Å²) in [7, 11) is 1.41. The van der Waals surface area contributed by atoms with Crippen LogP contribution in [-0.4, -0.2) is 44.0 Å². The van der Waals surface area contributed by atoms with Gasteiger partial charge in [-0.25, -0.2) is 0 Å². The van der Waals surface area contributed by atoms with Crippen molar-refractivity contribution in [2.45, 2.75) is 27.7 Å². The molecule has 1 aromatic rings. The highest BCUT2D eigenvalue weighted by molar-refractivity contribution is 6.04. The average molecular weight is 404 g/mol. The summed E-state index contributed by atoms with van der Waals surface area (Å²) in [4.78, 5) is 50.5. The zero-order chi connectivity index (χ0) is 21.7. The minimum Gasteiger partial charge on any atom is -0.466 e. The normalized spacial score (nSPS) is 22.8. The molecule has 2 unspecified atom stereocenters. The number of rotatable bonds is 7. The molecule has 0 heterocycles. The molecule has 1 aliphatic carbocycles. The number of carbonyl (C=O) groups is 4. The summed E-state index contributed by atoms with van der Waals surface area (Å²) in [6.45, 7) is 7.27. The third-order valence-corrected chi connectivity index (χ3v) is 5.16. The summed E-state index contributed by atoms with van der Waals surface area (Å²) in [5.41, 5.74) is 2.47. The van der Waals surface area contributed by atoms with Crippen molar-refractivity contribution in [2.75, 3.05) is 25.6 Å². The summed E-state index contributed by atoms with van der Waals surface area (Å²) in [6.07, 6.45) is 0. The first-order valence-corrected chi connectivity index (χ1v) is 9.69. The quantitative estimate of drug-likeness (QED) is 0.668. The maximum Gasteiger partial charge on any atom is 0.310 e. The van der Waals surface area contributed by atoms with Gasteiger partial charge in [0.25, 0.3) is 0 Å². The first kappa shape index (κ1) is 22.4. The van der Waals surface area contributed by atoms with Crippen LogP contribution in [0.1, 0.15) is 25.0 Å². The van der Waals surface area contributed by atoms with Gasteiger partial charge in [-0.05, 0) is 39.3 Å². The van der Waals surface area contributed by atoms with Crippen LogP contribution in [0.15, 0.2) is 18.2 Å². The lowest BCUT2D eigenvalue weighted by molar-refractivity contribution is -0.184. The second kappa shape index (κ2) is 9.54. The highest BCUT2D eigenvalue weighted by atomic mass is 16.5.